The van der Waals surface area contributed by atoms with Gasteiger partial charge in [0.25, 0.3) is 10.0 Å². The lowest BCUT2D eigenvalue weighted by Gasteiger charge is -2.23. The fourth-order valence-electron chi connectivity index (χ4n) is 3.03. The highest BCUT2D eigenvalue weighted by Gasteiger charge is 2.20. The van der Waals surface area contributed by atoms with Crippen LogP contribution in [0, 0.1) is 0 Å². The Hall–Kier alpha value is -2.97. The minimum atomic E-state index is -3.81. The second-order valence-electron chi connectivity index (χ2n) is 6.63. The van der Waals surface area contributed by atoms with E-state index in [0.29, 0.717) is 24.8 Å². The molecule has 0 saturated carbocycles. The normalized spacial score (nSPS) is 15.0. The summed E-state index contributed by atoms with van der Waals surface area (Å²) in [4.78, 5) is 8.84. The number of hydrogen-bond acceptors (Lipinski definition) is 6. The Morgan fingerprint density at radius 2 is 1.59 bits per heavy atom. The van der Waals surface area contributed by atoms with Gasteiger partial charge in [-0.25, -0.2) is 18.1 Å². The van der Waals surface area contributed by atoms with Gasteiger partial charge < -0.3 is 9.47 Å². The topological polar surface area (TPSA) is 90.4 Å². The zero-order valence-corrected chi connectivity index (χ0v) is 16.5. The van der Waals surface area contributed by atoms with Crippen molar-refractivity contribution in [2.75, 3.05) is 17.9 Å². The SMILES string of the molecule is O=S(=O)(Nc1nc(OC2CCOCC2)cc(-c2ccccc2)n1)c1ccccc1. The molecule has 150 valence electrons. The van der Waals surface area contributed by atoms with Gasteiger partial charge in [0, 0.05) is 24.5 Å². The molecule has 0 spiro atoms. The van der Waals surface area contributed by atoms with Crippen LogP contribution in [-0.4, -0.2) is 37.7 Å². The second kappa shape index (κ2) is 8.59. The summed E-state index contributed by atoms with van der Waals surface area (Å²) < 4.78 is 39.2. The maximum atomic E-state index is 12.7. The quantitative estimate of drug-likeness (QED) is 0.668. The van der Waals surface area contributed by atoms with Crippen LogP contribution in [0.1, 0.15) is 12.8 Å². The van der Waals surface area contributed by atoms with E-state index in [4.69, 9.17) is 9.47 Å². The molecule has 8 heteroatoms. The summed E-state index contributed by atoms with van der Waals surface area (Å²) in [7, 11) is -3.81. The van der Waals surface area contributed by atoms with Crippen molar-refractivity contribution in [3.8, 4) is 17.1 Å². The summed E-state index contributed by atoms with van der Waals surface area (Å²) in [5.41, 5.74) is 1.42. The Morgan fingerprint density at radius 3 is 2.28 bits per heavy atom. The third kappa shape index (κ3) is 4.90. The fraction of sp³-hybridized carbons (Fsp3) is 0.238. The minimum absolute atomic E-state index is 0.0270. The number of sulfonamides is 1. The number of rotatable bonds is 6. The van der Waals surface area contributed by atoms with E-state index in [-0.39, 0.29) is 16.9 Å². The molecule has 29 heavy (non-hydrogen) atoms. The number of nitrogens with one attached hydrogen (secondary N) is 1. The highest BCUT2D eigenvalue weighted by Crippen LogP contribution is 2.25. The van der Waals surface area contributed by atoms with Crippen LogP contribution in [0.4, 0.5) is 5.95 Å². The predicted octanol–water partition coefficient (Wildman–Crippen LogP) is 3.50. The molecule has 0 radical (unpaired) electrons. The molecule has 0 bridgehead atoms. The highest BCUT2D eigenvalue weighted by atomic mass is 32.2. The van der Waals surface area contributed by atoms with Gasteiger partial charge in [0.2, 0.25) is 11.8 Å². The first kappa shape index (κ1) is 19.4. The average Bonchev–Trinajstić information content (AvgIpc) is 2.75. The summed E-state index contributed by atoms with van der Waals surface area (Å²) in [5.74, 6) is 0.300. The van der Waals surface area contributed by atoms with Crippen molar-refractivity contribution in [1.29, 1.82) is 0 Å². The van der Waals surface area contributed by atoms with Gasteiger partial charge in [-0.05, 0) is 12.1 Å². The Kier molecular flexibility index (Phi) is 5.73. The van der Waals surface area contributed by atoms with Crippen LogP contribution in [0.5, 0.6) is 5.88 Å². The molecule has 7 nitrogen and oxygen atoms in total. The first-order valence-corrected chi connectivity index (χ1v) is 10.9. The second-order valence-corrected chi connectivity index (χ2v) is 8.31. The molecule has 1 fully saturated rings. The van der Waals surface area contributed by atoms with Gasteiger partial charge in [-0.1, -0.05) is 48.5 Å². The van der Waals surface area contributed by atoms with E-state index >= 15 is 0 Å². The van der Waals surface area contributed by atoms with Crippen molar-refractivity contribution in [3.05, 3.63) is 66.7 Å². The van der Waals surface area contributed by atoms with Crippen LogP contribution >= 0.6 is 0 Å². The third-order valence-corrected chi connectivity index (χ3v) is 5.85. The molecule has 1 saturated heterocycles. The Bertz CT molecular complexity index is 1050. The van der Waals surface area contributed by atoms with Crippen molar-refractivity contribution in [3.63, 3.8) is 0 Å². The first-order valence-electron chi connectivity index (χ1n) is 9.37. The molecule has 0 atom stereocenters. The van der Waals surface area contributed by atoms with Gasteiger partial charge in [-0.3, -0.25) is 0 Å². The Balaban J connectivity index is 1.67. The molecule has 0 amide bonds. The number of hydrogen-bond donors (Lipinski definition) is 1. The molecule has 4 rings (SSSR count). The lowest BCUT2D eigenvalue weighted by atomic mass is 10.1. The summed E-state index contributed by atoms with van der Waals surface area (Å²) in [5, 5.41) is 0. The third-order valence-electron chi connectivity index (χ3n) is 4.51. The molecule has 1 N–H and O–H groups in total. The van der Waals surface area contributed by atoms with Gasteiger partial charge in [0.1, 0.15) is 6.10 Å². The summed E-state index contributed by atoms with van der Waals surface area (Å²) in [6.45, 7) is 1.27. The monoisotopic (exact) mass is 411 g/mol. The van der Waals surface area contributed by atoms with E-state index in [2.05, 4.69) is 14.7 Å². The molecule has 0 aliphatic carbocycles. The van der Waals surface area contributed by atoms with E-state index < -0.39 is 10.0 Å². The summed E-state index contributed by atoms with van der Waals surface area (Å²) in [6.07, 6.45) is 1.49. The zero-order valence-electron chi connectivity index (χ0n) is 15.7. The van der Waals surface area contributed by atoms with Crippen LogP contribution < -0.4 is 9.46 Å². The molecule has 1 aromatic heterocycles. The van der Waals surface area contributed by atoms with Crippen molar-refractivity contribution in [2.24, 2.45) is 0 Å². The van der Waals surface area contributed by atoms with E-state index in [1.165, 1.54) is 12.1 Å². The van der Waals surface area contributed by atoms with Crippen LogP contribution in [-0.2, 0) is 14.8 Å². The van der Waals surface area contributed by atoms with E-state index in [1.807, 2.05) is 30.3 Å². The van der Waals surface area contributed by atoms with Crippen molar-refractivity contribution < 1.29 is 17.9 Å². The lowest BCUT2D eigenvalue weighted by Crippen LogP contribution is -2.26. The van der Waals surface area contributed by atoms with Gasteiger partial charge in [0.05, 0.1) is 23.8 Å². The molecule has 2 heterocycles. The number of benzene rings is 2. The Morgan fingerprint density at radius 1 is 0.931 bits per heavy atom. The fourth-order valence-corrected chi connectivity index (χ4v) is 4.00. The number of anilines is 1. The van der Waals surface area contributed by atoms with E-state index in [9.17, 15) is 8.42 Å². The van der Waals surface area contributed by atoms with Gasteiger partial charge >= 0.3 is 0 Å². The average molecular weight is 411 g/mol. The van der Waals surface area contributed by atoms with Crippen LogP contribution in [0.15, 0.2) is 71.6 Å². The number of nitrogens with zero attached hydrogens (tertiary/aromatic N) is 2. The predicted molar refractivity (Wildman–Crippen MR) is 109 cm³/mol. The first-order chi connectivity index (χ1) is 14.1. The van der Waals surface area contributed by atoms with Crippen molar-refractivity contribution in [1.82, 2.24) is 9.97 Å². The van der Waals surface area contributed by atoms with Gasteiger partial charge in [0.15, 0.2) is 0 Å². The molecular formula is C21H21N3O4S. The van der Waals surface area contributed by atoms with E-state index in [0.717, 1.165) is 18.4 Å². The summed E-state index contributed by atoms with van der Waals surface area (Å²) >= 11 is 0. The minimum Gasteiger partial charge on any atom is -0.474 e. The number of aromatic nitrogens is 2. The molecule has 3 aromatic rings. The number of ether oxygens (including phenoxy) is 2. The maximum absolute atomic E-state index is 12.7. The van der Waals surface area contributed by atoms with Gasteiger partial charge in [-0.2, -0.15) is 4.98 Å². The molecule has 2 aromatic carbocycles. The largest absolute Gasteiger partial charge is 0.474 e. The molecule has 1 aliphatic heterocycles. The van der Waals surface area contributed by atoms with Crippen LogP contribution in [0.2, 0.25) is 0 Å². The van der Waals surface area contributed by atoms with Crippen LogP contribution in [0.25, 0.3) is 11.3 Å². The van der Waals surface area contributed by atoms with Crippen molar-refractivity contribution >= 4 is 16.0 Å². The van der Waals surface area contributed by atoms with Crippen LogP contribution in [0.3, 0.4) is 0 Å². The lowest BCUT2D eigenvalue weighted by molar-refractivity contribution is 0.0238. The molecular weight excluding hydrogens is 390 g/mol. The smallest absolute Gasteiger partial charge is 0.264 e. The van der Waals surface area contributed by atoms with Crippen molar-refractivity contribution in [2.45, 2.75) is 23.8 Å². The highest BCUT2D eigenvalue weighted by molar-refractivity contribution is 7.92. The molecule has 0 unspecified atom stereocenters. The van der Waals surface area contributed by atoms with Gasteiger partial charge in [-0.15, -0.1) is 0 Å². The molecule has 1 aliphatic rings. The standard InChI is InChI=1S/C21H21N3O4S/c25-29(26,18-9-5-2-6-10-18)24-21-22-19(16-7-3-1-4-8-16)15-20(23-21)28-17-11-13-27-14-12-17/h1-10,15,17H,11-14H2,(H,22,23,24). The maximum Gasteiger partial charge on any atom is 0.264 e. The van der Waals surface area contributed by atoms with E-state index in [1.54, 1.807) is 24.3 Å². The zero-order chi connectivity index (χ0) is 20.1. The summed E-state index contributed by atoms with van der Waals surface area (Å²) in [6, 6.07) is 19.3. The Labute approximate surface area is 169 Å².